The molecule has 1 aliphatic heterocycles. The molecule has 1 aliphatic carbocycles. The smallest absolute Gasteiger partial charge is 0.251 e. The van der Waals surface area contributed by atoms with Crippen molar-refractivity contribution in [1.82, 2.24) is 10.2 Å². The summed E-state index contributed by atoms with van der Waals surface area (Å²) >= 11 is 0. The summed E-state index contributed by atoms with van der Waals surface area (Å²) in [6.45, 7) is 0.578. The van der Waals surface area contributed by atoms with Crippen LogP contribution in [-0.4, -0.2) is 49.4 Å². The molecule has 0 aromatic heterocycles. The number of methoxy groups -OCH3 is 2. The van der Waals surface area contributed by atoms with E-state index in [1.165, 1.54) is 19.3 Å². The number of nitrogens with one attached hydrogen (secondary N) is 2. The average molecular weight is 508 g/mol. The Balaban J connectivity index is 1.48. The van der Waals surface area contributed by atoms with Crippen LogP contribution in [0.5, 0.6) is 11.5 Å². The van der Waals surface area contributed by atoms with Crippen molar-refractivity contribution in [1.29, 1.82) is 0 Å². The highest BCUT2D eigenvalue weighted by Gasteiger charge is 2.37. The molecule has 2 atom stereocenters. The summed E-state index contributed by atoms with van der Waals surface area (Å²) in [4.78, 5) is 41.7. The number of benzene rings is 2. The Bertz CT molecular complexity index is 1060. The average Bonchev–Trinajstić information content (AvgIpc) is 3.43. The highest BCUT2D eigenvalue weighted by Crippen LogP contribution is 2.29. The second-order valence-corrected chi connectivity index (χ2v) is 9.89. The predicted octanol–water partition coefficient (Wildman–Crippen LogP) is 4.46. The van der Waals surface area contributed by atoms with Crippen LogP contribution in [0.15, 0.2) is 48.5 Å². The summed E-state index contributed by atoms with van der Waals surface area (Å²) in [5, 5.41) is 5.82. The van der Waals surface area contributed by atoms with Gasteiger partial charge in [0, 0.05) is 18.7 Å². The number of amides is 3. The Hall–Kier alpha value is -3.55. The van der Waals surface area contributed by atoms with Gasteiger partial charge in [0.25, 0.3) is 5.91 Å². The molecular weight excluding hydrogens is 470 g/mol. The van der Waals surface area contributed by atoms with Crippen molar-refractivity contribution in [2.75, 3.05) is 26.1 Å². The van der Waals surface area contributed by atoms with Gasteiger partial charge in [0.2, 0.25) is 11.8 Å². The molecule has 37 heavy (non-hydrogen) atoms. The van der Waals surface area contributed by atoms with Crippen molar-refractivity contribution >= 4 is 23.4 Å². The van der Waals surface area contributed by atoms with E-state index in [9.17, 15) is 14.4 Å². The molecule has 198 valence electrons. The Kier molecular flexibility index (Phi) is 9.04. The van der Waals surface area contributed by atoms with E-state index in [4.69, 9.17) is 9.47 Å². The van der Waals surface area contributed by atoms with E-state index >= 15 is 0 Å². The molecular formula is C29H37N3O5. The number of anilines is 1. The van der Waals surface area contributed by atoms with Crippen molar-refractivity contribution in [2.45, 2.75) is 63.5 Å². The minimum absolute atomic E-state index is 0.0493. The molecule has 3 amide bonds. The molecule has 1 saturated heterocycles. The summed E-state index contributed by atoms with van der Waals surface area (Å²) in [5.74, 6) is 1.11. The molecule has 8 nitrogen and oxygen atoms in total. The van der Waals surface area contributed by atoms with Gasteiger partial charge in [-0.3, -0.25) is 14.4 Å². The van der Waals surface area contributed by atoms with Crippen LogP contribution >= 0.6 is 0 Å². The molecule has 2 aliphatic rings. The maximum Gasteiger partial charge on any atom is 0.251 e. The third-order valence-corrected chi connectivity index (χ3v) is 7.42. The van der Waals surface area contributed by atoms with Gasteiger partial charge in [0.05, 0.1) is 14.2 Å². The molecule has 2 N–H and O–H groups in total. The first-order chi connectivity index (χ1) is 18.0. The minimum Gasteiger partial charge on any atom is -0.497 e. The number of hydrogen-bond donors (Lipinski definition) is 2. The van der Waals surface area contributed by atoms with Crippen molar-refractivity contribution < 1.29 is 23.9 Å². The molecule has 0 bridgehead atoms. The monoisotopic (exact) mass is 507 g/mol. The van der Waals surface area contributed by atoms with Crippen LogP contribution in [0, 0.1) is 5.92 Å². The highest BCUT2D eigenvalue weighted by atomic mass is 16.5. The van der Waals surface area contributed by atoms with Gasteiger partial charge >= 0.3 is 0 Å². The van der Waals surface area contributed by atoms with Gasteiger partial charge in [-0.15, -0.1) is 0 Å². The number of nitrogens with zero attached hydrogens (tertiary/aromatic N) is 1. The fraction of sp³-hybridized carbons (Fsp3) is 0.483. The Labute approximate surface area is 218 Å². The lowest BCUT2D eigenvalue weighted by Crippen LogP contribution is -2.49. The standard InChI is InChI=1S/C29H37N3O5/c1-36-23-14-10-21(11-15-23)27(29(35)30-22-12-16-24(37-2)17-13-22)31-28(34)25-9-6-18-32(25)26(33)19-20-7-4-3-5-8-20/h10-17,20,25,27H,3-9,18-19H2,1-2H3,(H,30,35)(H,31,34)/t25-,27-/m0/s1. The Morgan fingerprint density at radius 1 is 0.865 bits per heavy atom. The highest BCUT2D eigenvalue weighted by molar-refractivity contribution is 5.99. The van der Waals surface area contributed by atoms with E-state index in [2.05, 4.69) is 10.6 Å². The van der Waals surface area contributed by atoms with Gasteiger partial charge in [0.15, 0.2) is 0 Å². The summed E-state index contributed by atoms with van der Waals surface area (Å²) in [6, 6.07) is 12.5. The zero-order valence-corrected chi connectivity index (χ0v) is 21.7. The fourth-order valence-corrected chi connectivity index (χ4v) is 5.32. The Morgan fingerprint density at radius 2 is 1.49 bits per heavy atom. The maximum atomic E-state index is 13.5. The van der Waals surface area contributed by atoms with Crippen LogP contribution in [-0.2, 0) is 14.4 Å². The SMILES string of the molecule is COc1ccc(NC(=O)[C@@H](NC(=O)[C@@H]2CCCN2C(=O)CC2CCCCC2)c2ccc(OC)cc2)cc1. The summed E-state index contributed by atoms with van der Waals surface area (Å²) in [6.07, 6.45) is 7.64. The lowest BCUT2D eigenvalue weighted by atomic mass is 9.86. The summed E-state index contributed by atoms with van der Waals surface area (Å²) in [5.41, 5.74) is 1.21. The summed E-state index contributed by atoms with van der Waals surface area (Å²) in [7, 11) is 3.15. The third kappa shape index (κ3) is 6.81. The number of rotatable bonds is 9. The normalized spacial score (nSPS) is 18.6. The third-order valence-electron chi connectivity index (χ3n) is 7.42. The van der Waals surface area contributed by atoms with Gasteiger partial charge in [-0.05, 0) is 73.6 Å². The minimum atomic E-state index is -0.934. The molecule has 1 saturated carbocycles. The molecule has 0 spiro atoms. The van der Waals surface area contributed by atoms with E-state index in [1.807, 2.05) is 0 Å². The van der Waals surface area contributed by atoms with Crippen LogP contribution < -0.4 is 20.1 Å². The molecule has 2 aromatic rings. The molecule has 0 unspecified atom stereocenters. The first kappa shape index (κ1) is 26.5. The first-order valence-electron chi connectivity index (χ1n) is 13.2. The lowest BCUT2D eigenvalue weighted by molar-refractivity contribution is -0.140. The van der Waals surface area contributed by atoms with Crippen molar-refractivity contribution in [2.24, 2.45) is 5.92 Å². The topological polar surface area (TPSA) is 97.0 Å². The van der Waals surface area contributed by atoms with Crippen LogP contribution in [0.25, 0.3) is 0 Å². The number of ether oxygens (including phenoxy) is 2. The van der Waals surface area contributed by atoms with Crippen LogP contribution in [0.1, 0.15) is 63.0 Å². The number of hydrogen-bond acceptors (Lipinski definition) is 5. The maximum absolute atomic E-state index is 13.5. The van der Waals surface area contributed by atoms with Gasteiger partial charge in [-0.25, -0.2) is 0 Å². The second kappa shape index (κ2) is 12.6. The van der Waals surface area contributed by atoms with Crippen molar-refractivity contribution in [3.05, 3.63) is 54.1 Å². The predicted molar refractivity (Wildman–Crippen MR) is 141 cm³/mol. The van der Waals surface area contributed by atoms with E-state index in [-0.39, 0.29) is 17.7 Å². The van der Waals surface area contributed by atoms with Crippen LogP contribution in [0.3, 0.4) is 0 Å². The van der Waals surface area contributed by atoms with E-state index in [0.29, 0.717) is 48.1 Å². The van der Waals surface area contributed by atoms with E-state index in [0.717, 1.165) is 19.3 Å². The van der Waals surface area contributed by atoms with E-state index in [1.54, 1.807) is 67.7 Å². The number of carbonyl (C=O) groups excluding carboxylic acids is 3. The van der Waals surface area contributed by atoms with Crippen LogP contribution in [0.2, 0.25) is 0 Å². The molecule has 2 aromatic carbocycles. The quantitative estimate of drug-likeness (QED) is 0.522. The number of likely N-dealkylation sites (tertiary alicyclic amines) is 1. The zero-order chi connectivity index (χ0) is 26.2. The van der Waals surface area contributed by atoms with Gasteiger partial charge in [-0.2, -0.15) is 0 Å². The van der Waals surface area contributed by atoms with E-state index < -0.39 is 12.1 Å². The molecule has 4 rings (SSSR count). The lowest BCUT2D eigenvalue weighted by Gasteiger charge is -2.29. The van der Waals surface area contributed by atoms with Crippen molar-refractivity contribution in [3.63, 3.8) is 0 Å². The Morgan fingerprint density at radius 3 is 2.11 bits per heavy atom. The molecule has 8 heteroatoms. The largest absolute Gasteiger partial charge is 0.497 e. The van der Waals surface area contributed by atoms with Gasteiger partial charge in [0.1, 0.15) is 23.6 Å². The molecule has 2 fully saturated rings. The van der Waals surface area contributed by atoms with Crippen LogP contribution in [0.4, 0.5) is 5.69 Å². The number of carbonyl (C=O) groups is 3. The van der Waals surface area contributed by atoms with Gasteiger partial charge < -0.3 is 25.0 Å². The van der Waals surface area contributed by atoms with Gasteiger partial charge in [-0.1, -0.05) is 31.4 Å². The summed E-state index contributed by atoms with van der Waals surface area (Å²) < 4.78 is 10.4. The fourth-order valence-electron chi connectivity index (χ4n) is 5.32. The molecule has 0 radical (unpaired) electrons. The first-order valence-corrected chi connectivity index (χ1v) is 13.2. The molecule has 1 heterocycles. The second-order valence-electron chi connectivity index (χ2n) is 9.89. The van der Waals surface area contributed by atoms with Crippen molar-refractivity contribution in [3.8, 4) is 11.5 Å². The zero-order valence-electron chi connectivity index (χ0n) is 21.7.